The summed E-state index contributed by atoms with van der Waals surface area (Å²) in [4.78, 5) is 12.3. The Bertz CT molecular complexity index is 642. The van der Waals surface area contributed by atoms with Gasteiger partial charge in [-0.05, 0) is 48.5 Å². The predicted molar refractivity (Wildman–Crippen MR) is 90.8 cm³/mol. The number of halogens is 1. The smallest absolute Gasteiger partial charge is 0.255 e. The molecule has 0 heterocycles. The van der Waals surface area contributed by atoms with E-state index in [0.717, 1.165) is 4.47 Å². The lowest BCUT2D eigenvalue weighted by Gasteiger charge is -2.08. The Kier molecular flexibility index (Phi) is 5.30. The third-order valence-corrected chi connectivity index (χ3v) is 3.25. The van der Waals surface area contributed by atoms with Gasteiger partial charge in [0.05, 0.1) is 0 Å². The van der Waals surface area contributed by atoms with Crippen molar-refractivity contribution in [2.45, 2.75) is 0 Å². The minimum atomic E-state index is -0.167. The number of benzene rings is 2. The van der Waals surface area contributed by atoms with Gasteiger partial charge in [0.15, 0.2) is 0 Å². The second kappa shape index (κ2) is 7.19. The van der Waals surface area contributed by atoms with Crippen LogP contribution in [0.4, 0.5) is 5.69 Å². The van der Waals surface area contributed by atoms with Gasteiger partial charge in [-0.15, -0.1) is 0 Å². The van der Waals surface area contributed by atoms with Crippen LogP contribution in [0.5, 0.6) is 5.75 Å². The van der Waals surface area contributed by atoms with Crippen molar-refractivity contribution in [1.82, 2.24) is 0 Å². The van der Waals surface area contributed by atoms with E-state index in [2.05, 4.69) is 21.2 Å². The molecule has 0 spiro atoms. The van der Waals surface area contributed by atoms with Gasteiger partial charge in [-0.1, -0.05) is 28.1 Å². The largest absolute Gasteiger partial charge is 0.487 e. The highest BCUT2D eigenvalue weighted by Gasteiger charge is 2.05. The maximum Gasteiger partial charge on any atom is 0.255 e. The van der Waals surface area contributed by atoms with Gasteiger partial charge in [0, 0.05) is 15.7 Å². The molecule has 2 aromatic rings. The summed E-state index contributed by atoms with van der Waals surface area (Å²) in [5.74, 6) is 0.476. The third kappa shape index (κ3) is 4.84. The first-order chi connectivity index (χ1) is 10.0. The van der Waals surface area contributed by atoms with Gasteiger partial charge < -0.3 is 15.8 Å². The molecule has 0 aliphatic heterocycles. The van der Waals surface area contributed by atoms with Crippen LogP contribution < -0.4 is 15.8 Å². The van der Waals surface area contributed by atoms with Gasteiger partial charge in [-0.2, -0.15) is 0 Å². The Morgan fingerprint density at radius 2 is 1.76 bits per heavy atom. The quantitative estimate of drug-likeness (QED) is 0.798. The number of thiocarbonyl (C=S) groups is 1. The number of hydrogen-bond donors (Lipinski definition) is 2. The summed E-state index contributed by atoms with van der Waals surface area (Å²) in [6.07, 6.45) is 0. The summed E-state index contributed by atoms with van der Waals surface area (Å²) < 4.78 is 6.27. The van der Waals surface area contributed by atoms with Crippen LogP contribution in [0, 0.1) is 0 Å². The first-order valence-electron chi connectivity index (χ1n) is 6.12. The lowest BCUT2D eigenvalue weighted by Crippen LogP contribution is -2.17. The SMILES string of the molecule is NC(=S)COc1ccc(NC(=O)c2ccc(Br)cc2)cc1. The molecule has 2 rings (SSSR count). The number of rotatable bonds is 5. The van der Waals surface area contributed by atoms with Crippen LogP contribution in [0.15, 0.2) is 53.0 Å². The van der Waals surface area contributed by atoms with E-state index in [0.29, 0.717) is 22.0 Å². The normalized spacial score (nSPS) is 9.95. The third-order valence-electron chi connectivity index (χ3n) is 2.60. The summed E-state index contributed by atoms with van der Waals surface area (Å²) >= 11 is 8.06. The van der Waals surface area contributed by atoms with Gasteiger partial charge in [0.1, 0.15) is 17.3 Å². The van der Waals surface area contributed by atoms with Gasteiger partial charge in [0.25, 0.3) is 5.91 Å². The van der Waals surface area contributed by atoms with Gasteiger partial charge in [-0.25, -0.2) is 0 Å². The van der Waals surface area contributed by atoms with Crippen molar-refractivity contribution in [1.29, 1.82) is 0 Å². The number of nitrogens with two attached hydrogens (primary N) is 1. The highest BCUT2D eigenvalue weighted by atomic mass is 79.9. The maximum absolute atomic E-state index is 12.0. The molecule has 4 nitrogen and oxygen atoms in total. The highest BCUT2D eigenvalue weighted by molar-refractivity contribution is 9.10. The number of hydrogen-bond acceptors (Lipinski definition) is 3. The molecule has 3 N–H and O–H groups in total. The average molecular weight is 365 g/mol. The summed E-state index contributed by atoms with van der Waals surface area (Å²) in [6.45, 7) is 0.194. The predicted octanol–water partition coefficient (Wildman–Crippen LogP) is 3.37. The number of amides is 1. The fourth-order valence-corrected chi connectivity index (χ4v) is 1.92. The van der Waals surface area contributed by atoms with Crippen molar-refractivity contribution in [3.05, 3.63) is 58.6 Å². The van der Waals surface area contributed by atoms with Crippen LogP contribution in [0.1, 0.15) is 10.4 Å². The van der Waals surface area contributed by atoms with Crippen molar-refractivity contribution in [2.75, 3.05) is 11.9 Å². The molecule has 1 amide bonds. The molecule has 0 saturated carbocycles. The number of ether oxygens (including phenoxy) is 1. The molecule has 0 unspecified atom stereocenters. The fourth-order valence-electron chi connectivity index (χ4n) is 1.59. The Labute approximate surface area is 136 Å². The Morgan fingerprint density at radius 1 is 1.14 bits per heavy atom. The maximum atomic E-state index is 12.0. The number of carbonyl (C=O) groups excluding carboxylic acids is 1. The van der Waals surface area contributed by atoms with Gasteiger partial charge in [0.2, 0.25) is 0 Å². The van der Waals surface area contributed by atoms with E-state index >= 15 is 0 Å². The molecule has 0 aliphatic rings. The van der Waals surface area contributed by atoms with Crippen molar-refractivity contribution >= 4 is 44.7 Å². The molecule has 0 saturated heterocycles. The molecular weight excluding hydrogens is 352 g/mol. The molecule has 21 heavy (non-hydrogen) atoms. The zero-order valence-corrected chi connectivity index (χ0v) is 13.4. The molecule has 0 aliphatic carbocycles. The Hall–Kier alpha value is -1.92. The second-order valence-electron chi connectivity index (χ2n) is 4.24. The fraction of sp³-hybridized carbons (Fsp3) is 0.0667. The first-order valence-corrected chi connectivity index (χ1v) is 7.33. The zero-order valence-electron chi connectivity index (χ0n) is 11.0. The van der Waals surface area contributed by atoms with Crippen molar-refractivity contribution in [3.8, 4) is 5.75 Å². The van der Waals surface area contributed by atoms with Crippen molar-refractivity contribution in [2.24, 2.45) is 5.73 Å². The molecule has 0 bridgehead atoms. The van der Waals surface area contributed by atoms with E-state index in [4.69, 9.17) is 22.7 Å². The highest BCUT2D eigenvalue weighted by Crippen LogP contribution is 2.17. The van der Waals surface area contributed by atoms with Crippen LogP contribution in [0.3, 0.4) is 0 Å². The molecule has 0 radical (unpaired) electrons. The van der Waals surface area contributed by atoms with E-state index in [-0.39, 0.29) is 12.5 Å². The minimum Gasteiger partial charge on any atom is -0.487 e. The molecule has 0 aromatic heterocycles. The Balaban J connectivity index is 1.98. The zero-order chi connectivity index (χ0) is 15.2. The van der Waals surface area contributed by atoms with Crippen LogP contribution in [0.2, 0.25) is 0 Å². The molecule has 108 valence electrons. The van der Waals surface area contributed by atoms with Crippen molar-refractivity contribution in [3.63, 3.8) is 0 Å². The first kappa shape index (κ1) is 15.5. The number of anilines is 1. The van der Waals surface area contributed by atoms with E-state index in [1.807, 2.05) is 12.1 Å². The number of nitrogens with one attached hydrogen (secondary N) is 1. The van der Waals surface area contributed by atoms with E-state index in [1.165, 1.54) is 0 Å². The van der Waals surface area contributed by atoms with E-state index in [9.17, 15) is 4.79 Å². The Morgan fingerprint density at radius 3 is 2.33 bits per heavy atom. The molecule has 0 atom stereocenters. The van der Waals surface area contributed by atoms with Crippen LogP contribution in [-0.2, 0) is 0 Å². The van der Waals surface area contributed by atoms with Crippen molar-refractivity contribution < 1.29 is 9.53 Å². The van der Waals surface area contributed by atoms with E-state index < -0.39 is 0 Å². The summed E-state index contributed by atoms with van der Waals surface area (Å²) in [6, 6.07) is 14.1. The molecular formula is C15H13BrN2O2S. The number of carbonyl (C=O) groups is 1. The monoisotopic (exact) mass is 364 g/mol. The standard InChI is InChI=1S/C15H13BrN2O2S/c16-11-3-1-10(2-4-11)15(19)18-12-5-7-13(8-6-12)20-9-14(17)21/h1-8H,9H2,(H2,17,21)(H,18,19). The van der Waals surface area contributed by atoms with Crippen LogP contribution >= 0.6 is 28.1 Å². The second-order valence-corrected chi connectivity index (χ2v) is 5.68. The lowest BCUT2D eigenvalue weighted by atomic mass is 10.2. The summed E-state index contributed by atoms with van der Waals surface area (Å²) in [5, 5.41) is 2.81. The van der Waals surface area contributed by atoms with Gasteiger partial charge in [-0.3, -0.25) is 4.79 Å². The molecule has 2 aromatic carbocycles. The molecule has 6 heteroatoms. The molecule has 0 fully saturated rings. The average Bonchev–Trinajstić information content (AvgIpc) is 2.47. The van der Waals surface area contributed by atoms with Gasteiger partial charge >= 0.3 is 0 Å². The summed E-state index contributed by atoms with van der Waals surface area (Å²) in [7, 11) is 0. The lowest BCUT2D eigenvalue weighted by molar-refractivity contribution is 0.102. The minimum absolute atomic E-state index is 0.167. The summed E-state index contributed by atoms with van der Waals surface area (Å²) in [5.41, 5.74) is 6.63. The topological polar surface area (TPSA) is 64.3 Å². The van der Waals surface area contributed by atoms with E-state index in [1.54, 1.807) is 36.4 Å². The van der Waals surface area contributed by atoms with Crippen LogP contribution in [-0.4, -0.2) is 17.5 Å². The van der Waals surface area contributed by atoms with Crippen LogP contribution in [0.25, 0.3) is 0 Å².